The number of rotatable bonds is 5. The van der Waals surface area contributed by atoms with Crippen LogP contribution >= 0.6 is 0 Å². The van der Waals surface area contributed by atoms with Gasteiger partial charge in [-0.15, -0.1) is 10.2 Å². The van der Waals surface area contributed by atoms with E-state index in [1.165, 1.54) is 12.8 Å². The summed E-state index contributed by atoms with van der Waals surface area (Å²) in [7, 11) is 0. The van der Waals surface area contributed by atoms with E-state index in [9.17, 15) is 4.79 Å². The summed E-state index contributed by atoms with van der Waals surface area (Å²) in [6.07, 6.45) is 2.40. The Balaban J connectivity index is 1.56. The summed E-state index contributed by atoms with van der Waals surface area (Å²) in [6, 6.07) is 16.2. The molecule has 0 spiro atoms. The maximum absolute atomic E-state index is 13.1. The minimum absolute atomic E-state index is 0.0180. The van der Waals surface area contributed by atoms with Gasteiger partial charge in [0.2, 0.25) is 0 Å². The van der Waals surface area contributed by atoms with Gasteiger partial charge in [0, 0.05) is 13.1 Å². The van der Waals surface area contributed by atoms with Crippen LogP contribution in [0.1, 0.15) is 41.6 Å². The average molecular weight is 387 g/mol. The lowest BCUT2D eigenvalue weighted by atomic mass is 9.76. The maximum Gasteiger partial charge on any atom is 0.268 e. The van der Waals surface area contributed by atoms with Gasteiger partial charge in [0.1, 0.15) is 11.5 Å². The van der Waals surface area contributed by atoms with Crippen molar-refractivity contribution in [2.24, 2.45) is 11.8 Å². The second-order valence-electron chi connectivity index (χ2n) is 8.30. The van der Waals surface area contributed by atoms with Crippen molar-refractivity contribution < 1.29 is 4.79 Å². The molecule has 0 aliphatic heterocycles. The standard InChI is InChI=1S/C23H25N5O/c1-15-10-18(11-15)13-24-23(29)21-12-20-19(8-9-22-26-25-16(2)28(20)22)27(21)14-17-6-4-3-5-7-17/h3-9,12,15,18H,10-11,13-14H2,1-2H3,(H,24,29). The first-order valence-electron chi connectivity index (χ1n) is 10.3. The number of aryl methyl sites for hydroxylation is 1. The minimum atomic E-state index is -0.0180. The highest BCUT2D eigenvalue weighted by molar-refractivity contribution is 5.98. The first-order chi connectivity index (χ1) is 14.1. The van der Waals surface area contributed by atoms with Crippen molar-refractivity contribution in [2.75, 3.05) is 6.54 Å². The van der Waals surface area contributed by atoms with Gasteiger partial charge in [-0.1, -0.05) is 37.3 Å². The smallest absolute Gasteiger partial charge is 0.268 e. The number of hydrogen-bond acceptors (Lipinski definition) is 3. The van der Waals surface area contributed by atoms with E-state index in [0.29, 0.717) is 18.2 Å². The summed E-state index contributed by atoms with van der Waals surface area (Å²) < 4.78 is 4.11. The number of aromatic nitrogens is 4. The number of benzene rings is 1. The van der Waals surface area contributed by atoms with Crippen LogP contribution in [0, 0.1) is 18.8 Å². The Hall–Kier alpha value is -3.15. The van der Waals surface area contributed by atoms with Crippen LogP contribution in [0.2, 0.25) is 0 Å². The van der Waals surface area contributed by atoms with Crippen molar-refractivity contribution in [3.05, 3.63) is 65.6 Å². The zero-order chi connectivity index (χ0) is 20.0. The fourth-order valence-corrected chi connectivity index (χ4v) is 4.53. The molecule has 1 aliphatic rings. The van der Waals surface area contributed by atoms with E-state index in [4.69, 9.17) is 0 Å². The monoisotopic (exact) mass is 387 g/mol. The van der Waals surface area contributed by atoms with Crippen molar-refractivity contribution in [3.8, 4) is 0 Å². The molecular formula is C23H25N5O. The van der Waals surface area contributed by atoms with Gasteiger partial charge in [-0.3, -0.25) is 9.20 Å². The lowest BCUT2D eigenvalue weighted by molar-refractivity contribution is 0.0919. The first-order valence-corrected chi connectivity index (χ1v) is 10.3. The number of hydrogen-bond donors (Lipinski definition) is 1. The predicted octanol–water partition coefficient (Wildman–Crippen LogP) is 3.82. The molecule has 1 aromatic carbocycles. The van der Waals surface area contributed by atoms with E-state index < -0.39 is 0 Å². The van der Waals surface area contributed by atoms with Crippen LogP contribution in [0.25, 0.3) is 16.7 Å². The van der Waals surface area contributed by atoms with Crippen molar-refractivity contribution in [1.29, 1.82) is 0 Å². The van der Waals surface area contributed by atoms with Gasteiger partial charge in [0.25, 0.3) is 5.91 Å². The Labute approximate surface area is 169 Å². The molecule has 0 radical (unpaired) electrons. The van der Waals surface area contributed by atoms with Crippen molar-refractivity contribution in [1.82, 2.24) is 24.5 Å². The molecule has 6 nitrogen and oxygen atoms in total. The molecule has 29 heavy (non-hydrogen) atoms. The van der Waals surface area contributed by atoms with Crippen molar-refractivity contribution in [3.63, 3.8) is 0 Å². The van der Waals surface area contributed by atoms with Crippen LogP contribution in [-0.2, 0) is 6.54 Å². The summed E-state index contributed by atoms with van der Waals surface area (Å²) in [5, 5.41) is 11.6. The summed E-state index contributed by atoms with van der Waals surface area (Å²) in [6.45, 7) is 5.59. The van der Waals surface area contributed by atoms with E-state index in [1.807, 2.05) is 47.7 Å². The van der Waals surface area contributed by atoms with E-state index >= 15 is 0 Å². The molecule has 0 atom stereocenters. The highest BCUT2D eigenvalue weighted by atomic mass is 16.1. The second-order valence-corrected chi connectivity index (χ2v) is 8.30. The van der Waals surface area contributed by atoms with E-state index in [-0.39, 0.29) is 5.91 Å². The summed E-state index contributed by atoms with van der Waals surface area (Å²) in [4.78, 5) is 13.1. The Morgan fingerprint density at radius 3 is 2.66 bits per heavy atom. The maximum atomic E-state index is 13.1. The average Bonchev–Trinajstić information content (AvgIpc) is 3.26. The van der Waals surface area contributed by atoms with Gasteiger partial charge in [0.15, 0.2) is 5.65 Å². The molecule has 5 rings (SSSR count). The number of nitrogens with zero attached hydrogens (tertiary/aromatic N) is 4. The van der Waals surface area contributed by atoms with Gasteiger partial charge in [0.05, 0.1) is 11.0 Å². The molecule has 0 saturated heterocycles. The van der Waals surface area contributed by atoms with Crippen molar-refractivity contribution in [2.45, 2.75) is 33.2 Å². The Morgan fingerprint density at radius 2 is 1.90 bits per heavy atom. The van der Waals surface area contributed by atoms with Gasteiger partial charge >= 0.3 is 0 Å². The quantitative estimate of drug-likeness (QED) is 0.566. The molecule has 1 aliphatic carbocycles. The van der Waals surface area contributed by atoms with Crippen LogP contribution in [0.3, 0.4) is 0 Å². The molecule has 1 amide bonds. The number of pyridine rings is 1. The number of fused-ring (bicyclic) bond motifs is 3. The van der Waals surface area contributed by atoms with Gasteiger partial charge in [-0.25, -0.2) is 0 Å². The molecule has 1 saturated carbocycles. The summed E-state index contributed by atoms with van der Waals surface area (Å²) in [5.74, 6) is 2.19. The third-order valence-electron chi connectivity index (χ3n) is 6.04. The lowest BCUT2D eigenvalue weighted by Gasteiger charge is -2.32. The van der Waals surface area contributed by atoms with Crippen LogP contribution in [0.15, 0.2) is 48.5 Å². The molecule has 1 N–H and O–H groups in total. The van der Waals surface area contributed by atoms with E-state index in [0.717, 1.165) is 40.5 Å². The SMILES string of the molecule is Cc1nnc2ccc3c(cc(C(=O)NCC4CC(C)C4)n3Cc3ccccc3)n12. The molecular weight excluding hydrogens is 362 g/mol. The molecule has 0 bridgehead atoms. The number of carbonyl (C=O) groups is 1. The van der Waals surface area contributed by atoms with Crippen LogP contribution in [0.4, 0.5) is 0 Å². The van der Waals surface area contributed by atoms with Crippen molar-refractivity contribution >= 4 is 22.6 Å². The number of carbonyl (C=O) groups excluding carboxylic acids is 1. The summed E-state index contributed by atoms with van der Waals surface area (Å²) in [5.41, 5.74) is 4.60. The van der Waals surface area contributed by atoms with Crippen LogP contribution in [-0.4, -0.2) is 31.6 Å². The minimum Gasteiger partial charge on any atom is -0.350 e. The predicted molar refractivity (Wildman–Crippen MR) is 113 cm³/mol. The zero-order valence-electron chi connectivity index (χ0n) is 16.8. The number of amides is 1. The number of nitrogens with one attached hydrogen (secondary N) is 1. The molecule has 0 unspecified atom stereocenters. The zero-order valence-corrected chi connectivity index (χ0v) is 16.8. The third kappa shape index (κ3) is 3.18. The van der Waals surface area contributed by atoms with Crippen LogP contribution in [0.5, 0.6) is 0 Å². The van der Waals surface area contributed by atoms with E-state index in [1.54, 1.807) is 0 Å². The topological polar surface area (TPSA) is 64.2 Å². The normalized spacial score (nSPS) is 18.8. The fourth-order valence-electron chi connectivity index (χ4n) is 4.53. The fraction of sp³-hybridized carbons (Fsp3) is 0.348. The van der Waals surface area contributed by atoms with Gasteiger partial charge in [-0.2, -0.15) is 0 Å². The Morgan fingerprint density at radius 1 is 1.10 bits per heavy atom. The second kappa shape index (κ2) is 7.03. The largest absolute Gasteiger partial charge is 0.350 e. The van der Waals surface area contributed by atoms with Gasteiger partial charge < -0.3 is 9.88 Å². The molecule has 3 aromatic heterocycles. The molecule has 6 heteroatoms. The van der Waals surface area contributed by atoms with E-state index in [2.05, 4.69) is 39.1 Å². The van der Waals surface area contributed by atoms with Crippen LogP contribution < -0.4 is 5.32 Å². The molecule has 1 fully saturated rings. The highest BCUT2D eigenvalue weighted by Gasteiger charge is 2.26. The highest BCUT2D eigenvalue weighted by Crippen LogP contribution is 2.32. The Kier molecular flexibility index (Phi) is 4.34. The first kappa shape index (κ1) is 17.9. The van der Waals surface area contributed by atoms with Gasteiger partial charge in [-0.05, 0) is 55.4 Å². The molecule has 4 aromatic rings. The summed E-state index contributed by atoms with van der Waals surface area (Å²) >= 11 is 0. The molecule has 148 valence electrons. The lowest BCUT2D eigenvalue weighted by Crippen LogP contribution is -2.36. The molecule has 3 heterocycles. The Bertz CT molecular complexity index is 1180. The third-order valence-corrected chi connectivity index (χ3v) is 6.04.